The van der Waals surface area contributed by atoms with Gasteiger partial charge in [-0.3, -0.25) is 4.98 Å². The monoisotopic (exact) mass is 339 g/mol. The second-order valence-corrected chi connectivity index (χ2v) is 4.85. The molecule has 1 aromatic carbocycles. The second-order valence-electron chi connectivity index (χ2n) is 4.00. The fourth-order valence-electron chi connectivity index (χ4n) is 1.53. The SMILES string of the molecule is COC(=O)c1cc(F)c(Oc2ccc(C)nc2)c(Br)c1. The molecule has 0 amide bonds. The van der Waals surface area contributed by atoms with Crippen molar-refractivity contribution < 1.29 is 18.7 Å². The van der Waals surface area contributed by atoms with Gasteiger partial charge in [-0.2, -0.15) is 0 Å². The van der Waals surface area contributed by atoms with Gasteiger partial charge in [0, 0.05) is 5.69 Å². The van der Waals surface area contributed by atoms with Crippen LogP contribution in [0.4, 0.5) is 4.39 Å². The van der Waals surface area contributed by atoms with Crippen LogP contribution in [0.5, 0.6) is 11.5 Å². The Bertz CT molecular complexity index is 620. The maximum Gasteiger partial charge on any atom is 0.337 e. The number of benzene rings is 1. The Balaban J connectivity index is 2.33. The molecule has 0 aliphatic carbocycles. The number of esters is 1. The highest BCUT2D eigenvalue weighted by Gasteiger charge is 2.16. The summed E-state index contributed by atoms with van der Waals surface area (Å²) in [5.41, 5.74) is 0.934. The van der Waals surface area contributed by atoms with Crippen molar-refractivity contribution in [2.75, 3.05) is 7.11 Å². The molecule has 0 atom stereocenters. The number of carbonyl (C=O) groups excluding carboxylic acids is 1. The molecule has 0 saturated carbocycles. The largest absolute Gasteiger partial charge is 0.465 e. The molecule has 0 aliphatic rings. The number of ether oxygens (including phenoxy) is 2. The molecule has 0 radical (unpaired) electrons. The summed E-state index contributed by atoms with van der Waals surface area (Å²) in [6.45, 7) is 1.84. The van der Waals surface area contributed by atoms with Gasteiger partial charge in [0.15, 0.2) is 11.6 Å². The summed E-state index contributed by atoms with van der Waals surface area (Å²) < 4.78 is 24.3. The molecule has 0 unspecified atom stereocenters. The molecule has 20 heavy (non-hydrogen) atoms. The zero-order valence-corrected chi connectivity index (χ0v) is 12.4. The van der Waals surface area contributed by atoms with Gasteiger partial charge >= 0.3 is 5.97 Å². The molecule has 0 aliphatic heterocycles. The molecular formula is C14H11BrFNO3. The lowest BCUT2D eigenvalue weighted by Gasteiger charge is -2.10. The summed E-state index contributed by atoms with van der Waals surface area (Å²) in [5, 5.41) is 0. The van der Waals surface area contributed by atoms with Gasteiger partial charge < -0.3 is 9.47 Å². The van der Waals surface area contributed by atoms with E-state index in [4.69, 9.17) is 4.74 Å². The third kappa shape index (κ3) is 3.14. The van der Waals surface area contributed by atoms with Crippen molar-refractivity contribution in [3.63, 3.8) is 0 Å². The highest BCUT2D eigenvalue weighted by molar-refractivity contribution is 9.10. The maximum absolute atomic E-state index is 14.0. The van der Waals surface area contributed by atoms with E-state index >= 15 is 0 Å². The zero-order valence-electron chi connectivity index (χ0n) is 10.8. The average Bonchev–Trinajstić information content (AvgIpc) is 2.43. The van der Waals surface area contributed by atoms with E-state index in [1.54, 1.807) is 12.1 Å². The Kier molecular flexibility index (Phi) is 4.34. The standard InChI is InChI=1S/C14H11BrFNO3/c1-8-3-4-10(7-17-8)20-13-11(15)5-9(6-12(13)16)14(18)19-2/h3-7H,1-2H3. The average molecular weight is 340 g/mol. The first-order chi connectivity index (χ1) is 9.51. The normalized spacial score (nSPS) is 10.2. The van der Waals surface area contributed by atoms with E-state index in [-0.39, 0.29) is 11.3 Å². The Hall–Kier alpha value is -1.95. The molecule has 4 nitrogen and oxygen atoms in total. The number of hydrogen-bond donors (Lipinski definition) is 0. The van der Waals surface area contributed by atoms with Crippen LogP contribution in [0.1, 0.15) is 16.1 Å². The van der Waals surface area contributed by atoms with Crippen LogP contribution >= 0.6 is 15.9 Å². The fourth-order valence-corrected chi connectivity index (χ4v) is 2.04. The quantitative estimate of drug-likeness (QED) is 0.796. The van der Waals surface area contributed by atoms with Gasteiger partial charge in [-0.1, -0.05) is 0 Å². The van der Waals surface area contributed by atoms with E-state index in [1.165, 1.54) is 19.4 Å². The summed E-state index contributed by atoms with van der Waals surface area (Å²) in [6.07, 6.45) is 1.50. The Morgan fingerprint density at radius 1 is 1.35 bits per heavy atom. The van der Waals surface area contributed by atoms with Gasteiger partial charge in [-0.25, -0.2) is 9.18 Å². The van der Waals surface area contributed by atoms with E-state index in [0.717, 1.165) is 11.8 Å². The second kappa shape index (κ2) is 6.00. The molecule has 0 fully saturated rings. The fraction of sp³-hybridized carbons (Fsp3) is 0.143. The third-order valence-electron chi connectivity index (χ3n) is 2.52. The van der Waals surface area contributed by atoms with Crippen LogP contribution < -0.4 is 4.74 Å². The third-order valence-corrected chi connectivity index (χ3v) is 3.11. The predicted molar refractivity (Wildman–Crippen MR) is 74.5 cm³/mol. The highest BCUT2D eigenvalue weighted by atomic mass is 79.9. The van der Waals surface area contributed by atoms with Crippen LogP contribution in [0.25, 0.3) is 0 Å². The predicted octanol–water partition coefficient (Wildman–Crippen LogP) is 3.87. The molecular weight excluding hydrogens is 329 g/mol. The summed E-state index contributed by atoms with van der Waals surface area (Å²) in [4.78, 5) is 15.4. The van der Waals surface area contributed by atoms with Crippen molar-refractivity contribution in [1.29, 1.82) is 0 Å². The maximum atomic E-state index is 14.0. The van der Waals surface area contributed by atoms with Crippen LogP contribution in [0.2, 0.25) is 0 Å². The molecule has 0 bridgehead atoms. The molecule has 2 aromatic rings. The Morgan fingerprint density at radius 2 is 2.10 bits per heavy atom. The zero-order chi connectivity index (χ0) is 14.7. The molecule has 2 rings (SSSR count). The van der Waals surface area contributed by atoms with Crippen LogP contribution in [-0.2, 0) is 4.74 Å². The summed E-state index contributed by atoms with van der Waals surface area (Å²) in [7, 11) is 1.23. The van der Waals surface area contributed by atoms with Gasteiger partial charge in [0.2, 0.25) is 0 Å². The molecule has 1 heterocycles. The topological polar surface area (TPSA) is 48.4 Å². The number of rotatable bonds is 3. The Labute approximate surface area is 123 Å². The van der Waals surface area contributed by atoms with Gasteiger partial charge in [0.05, 0.1) is 23.3 Å². The van der Waals surface area contributed by atoms with Gasteiger partial charge in [-0.15, -0.1) is 0 Å². The number of aryl methyl sites for hydroxylation is 1. The Morgan fingerprint density at radius 3 is 2.65 bits per heavy atom. The van der Waals surface area contributed by atoms with E-state index in [2.05, 4.69) is 25.7 Å². The van der Waals surface area contributed by atoms with Gasteiger partial charge in [-0.05, 0) is 47.1 Å². The van der Waals surface area contributed by atoms with Crippen LogP contribution in [0.15, 0.2) is 34.9 Å². The number of carbonyl (C=O) groups is 1. The molecule has 1 aromatic heterocycles. The van der Waals surface area contributed by atoms with Crippen LogP contribution in [0.3, 0.4) is 0 Å². The summed E-state index contributed by atoms with van der Waals surface area (Å²) >= 11 is 3.17. The van der Waals surface area contributed by atoms with Crippen molar-refractivity contribution in [2.24, 2.45) is 0 Å². The number of halogens is 2. The van der Waals surface area contributed by atoms with E-state index in [0.29, 0.717) is 10.2 Å². The smallest absolute Gasteiger partial charge is 0.337 e. The van der Waals surface area contributed by atoms with Gasteiger partial charge in [0.25, 0.3) is 0 Å². The first-order valence-electron chi connectivity index (χ1n) is 5.69. The minimum atomic E-state index is -0.666. The lowest BCUT2D eigenvalue weighted by atomic mass is 10.2. The van der Waals surface area contributed by atoms with Crippen molar-refractivity contribution in [3.8, 4) is 11.5 Å². The van der Waals surface area contributed by atoms with E-state index < -0.39 is 11.8 Å². The first kappa shape index (κ1) is 14.5. The summed E-state index contributed by atoms with van der Waals surface area (Å²) in [5.74, 6) is -0.891. The van der Waals surface area contributed by atoms with Crippen molar-refractivity contribution in [2.45, 2.75) is 6.92 Å². The molecule has 0 N–H and O–H groups in total. The summed E-state index contributed by atoms with van der Waals surface area (Å²) in [6, 6.07) is 5.94. The van der Waals surface area contributed by atoms with Crippen LogP contribution in [0, 0.1) is 12.7 Å². The number of aromatic nitrogens is 1. The minimum Gasteiger partial charge on any atom is -0.465 e. The van der Waals surface area contributed by atoms with Crippen molar-refractivity contribution in [1.82, 2.24) is 4.98 Å². The lowest BCUT2D eigenvalue weighted by molar-refractivity contribution is 0.0600. The molecule has 0 saturated heterocycles. The van der Waals surface area contributed by atoms with Gasteiger partial charge in [0.1, 0.15) is 5.75 Å². The number of pyridine rings is 1. The first-order valence-corrected chi connectivity index (χ1v) is 6.48. The molecule has 0 spiro atoms. The van der Waals surface area contributed by atoms with Crippen LogP contribution in [-0.4, -0.2) is 18.1 Å². The van der Waals surface area contributed by atoms with E-state index in [1.807, 2.05) is 6.92 Å². The van der Waals surface area contributed by atoms with Crippen molar-refractivity contribution >= 4 is 21.9 Å². The number of hydrogen-bond acceptors (Lipinski definition) is 4. The van der Waals surface area contributed by atoms with Crippen molar-refractivity contribution in [3.05, 3.63) is 52.0 Å². The van der Waals surface area contributed by atoms with E-state index in [9.17, 15) is 9.18 Å². The molecule has 104 valence electrons. The number of methoxy groups -OCH3 is 1. The molecule has 6 heteroatoms. The number of nitrogens with zero attached hydrogens (tertiary/aromatic N) is 1. The lowest BCUT2D eigenvalue weighted by Crippen LogP contribution is -2.03. The minimum absolute atomic E-state index is 0.0108. The highest BCUT2D eigenvalue weighted by Crippen LogP contribution is 2.33.